The van der Waals surface area contributed by atoms with Gasteiger partial charge in [0, 0.05) is 18.0 Å². The number of hydrogen-bond acceptors (Lipinski definition) is 5. The number of anilines is 1. The predicted molar refractivity (Wildman–Crippen MR) is 101 cm³/mol. The second kappa shape index (κ2) is 8.82. The van der Waals surface area contributed by atoms with Gasteiger partial charge in [0.1, 0.15) is 11.5 Å². The van der Waals surface area contributed by atoms with Crippen molar-refractivity contribution >= 4 is 23.4 Å². The molecule has 1 aromatic rings. The summed E-state index contributed by atoms with van der Waals surface area (Å²) in [6.07, 6.45) is 5.56. The first-order valence-corrected chi connectivity index (χ1v) is 9.59. The molecule has 0 aliphatic carbocycles. The molecule has 1 amide bonds. The Kier molecular flexibility index (Phi) is 6.48. The van der Waals surface area contributed by atoms with Crippen molar-refractivity contribution in [1.82, 2.24) is 4.90 Å². The second-order valence-corrected chi connectivity index (χ2v) is 7.32. The molecule has 0 bridgehead atoms. The molecule has 2 heterocycles. The van der Waals surface area contributed by atoms with Gasteiger partial charge in [-0.25, -0.2) is 4.79 Å². The van der Waals surface area contributed by atoms with E-state index in [1.54, 1.807) is 12.1 Å². The van der Waals surface area contributed by atoms with Crippen LogP contribution in [0.4, 0.5) is 10.5 Å². The summed E-state index contributed by atoms with van der Waals surface area (Å²) in [5.41, 5.74) is 0.464. The molecule has 2 atom stereocenters. The molecule has 2 aliphatic rings. The lowest BCUT2D eigenvalue weighted by atomic mass is 9.84. The fourth-order valence-corrected chi connectivity index (χ4v) is 4.30. The van der Waals surface area contributed by atoms with Crippen LogP contribution in [-0.4, -0.2) is 51.0 Å². The van der Waals surface area contributed by atoms with Crippen LogP contribution in [0.3, 0.4) is 0 Å². The number of benzene rings is 1. The minimum Gasteiger partial charge on any atom is -0.495 e. The molecular formula is C19H27ClN2O4. The number of halogens is 1. The van der Waals surface area contributed by atoms with Crippen molar-refractivity contribution in [3.05, 3.63) is 17.2 Å². The summed E-state index contributed by atoms with van der Waals surface area (Å²) < 4.78 is 16.0. The first-order chi connectivity index (χ1) is 12.6. The summed E-state index contributed by atoms with van der Waals surface area (Å²) in [6.45, 7) is 2.79. The van der Waals surface area contributed by atoms with Gasteiger partial charge >= 0.3 is 6.09 Å². The average molecular weight is 383 g/mol. The number of nitrogens with zero attached hydrogens (tertiary/aromatic N) is 1. The van der Waals surface area contributed by atoms with Crippen LogP contribution < -0.4 is 14.8 Å². The number of piperidine rings is 2. The molecule has 7 heteroatoms. The van der Waals surface area contributed by atoms with Gasteiger partial charge in [-0.3, -0.25) is 10.2 Å². The van der Waals surface area contributed by atoms with E-state index in [0.29, 0.717) is 40.8 Å². The molecule has 0 radical (unpaired) electrons. The zero-order chi connectivity index (χ0) is 18.5. The van der Waals surface area contributed by atoms with Crippen LogP contribution in [0, 0.1) is 5.92 Å². The number of carbonyl (C=O) groups excluding carboxylic acids is 1. The fraction of sp³-hybridized carbons (Fsp3) is 0.632. The Labute approximate surface area is 159 Å². The minimum atomic E-state index is -0.488. The average Bonchev–Trinajstić information content (AvgIpc) is 2.66. The third kappa shape index (κ3) is 4.35. The van der Waals surface area contributed by atoms with Gasteiger partial charge in [-0.1, -0.05) is 18.0 Å². The van der Waals surface area contributed by atoms with E-state index in [1.807, 2.05) is 0 Å². The maximum atomic E-state index is 12.3. The van der Waals surface area contributed by atoms with E-state index in [1.165, 1.54) is 53.0 Å². The maximum absolute atomic E-state index is 12.3. The van der Waals surface area contributed by atoms with E-state index < -0.39 is 6.09 Å². The van der Waals surface area contributed by atoms with Gasteiger partial charge in [-0.05, 0) is 44.8 Å². The number of fused-ring (bicyclic) bond motifs is 1. The summed E-state index contributed by atoms with van der Waals surface area (Å²) in [5.74, 6) is 1.37. The van der Waals surface area contributed by atoms with Crippen LogP contribution in [0.2, 0.25) is 5.02 Å². The van der Waals surface area contributed by atoms with Crippen molar-refractivity contribution in [1.29, 1.82) is 0 Å². The van der Waals surface area contributed by atoms with E-state index in [2.05, 4.69) is 10.2 Å². The summed E-state index contributed by atoms with van der Waals surface area (Å²) in [6, 6.07) is 3.79. The van der Waals surface area contributed by atoms with Crippen molar-refractivity contribution in [2.75, 3.05) is 39.2 Å². The van der Waals surface area contributed by atoms with Crippen molar-refractivity contribution in [2.45, 2.75) is 38.1 Å². The Balaban J connectivity index is 1.58. The number of ether oxygens (including phenoxy) is 3. The fourth-order valence-electron chi connectivity index (χ4n) is 4.06. The molecule has 144 valence electrons. The van der Waals surface area contributed by atoms with Gasteiger partial charge in [0.15, 0.2) is 0 Å². The molecule has 1 aromatic carbocycles. The summed E-state index contributed by atoms with van der Waals surface area (Å²) >= 11 is 6.14. The molecule has 2 fully saturated rings. The monoisotopic (exact) mass is 382 g/mol. The largest absolute Gasteiger partial charge is 0.495 e. The molecule has 1 unspecified atom stereocenters. The van der Waals surface area contributed by atoms with Gasteiger partial charge in [-0.15, -0.1) is 0 Å². The SMILES string of the molecule is COc1cc(OC)c(NC(=O)OCC2CCCN3CCCC[C@H]23)cc1Cl. The normalized spacial score (nSPS) is 23.0. The topological polar surface area (TPSA) is 60.0 Å². The number of nitrogens with one attached hydrogen (secondary N) is 1. The lowest BCUT2D eigenvalue weighted by Crippen LogP contribution is -2.49. The maximum Gasteiger partial charge on any atom is 0.411 e. The molecule has 26 heavy (non-hydrogen) atoms. The molecule has 0 saturated carbocycles. The summed E-state index contributed by atoms with van der Waals surface area (Å²) in [7, 11) is 3.06. The highest BCUT2D eigenvalue weighted by Crippen LogP contribution is 2.36. The van der Waals surface area contributed by atoms with Gasteiger partial charge in [0.05, 0.1) is 31.5 Å². The van der Waals surface area contributed by atoms with Crippen LogP contribution in [0.15, 0.2) is 12.1 Å². The molecule has 2 saturated heterocycles. The molecule has 0 aromatic heterocycles. The van der Waals surface area contributed by atoms with Crippen molar-refractivity contribution in [2.24, 2.45) is 5.92 Å². The standard InChI is InChI=1S/C19H27ClN2O4/c1-24-17-11-18(25-2)15(10-14(17)20)21-19(23)26-12-13-6-5-9-22-8-4-3-7-16(13)22/h10-11,13,16H,3-9,12H2,1-2H3,(H,21,23)/t13?,16-/m1/s1. The second-order valence-electron chi connectivity index (χ2n) is 6.91. The Morgan fingerprint density at radius 3 is 2.69 bits per heavy atom. The Bertz CT molecular complexity index is 638. The number of rotatable bonds is 5. The van der Waals surface area contributed by atoms with Gasteiger partial charge < -0.3 is 14.2 Å². The Morgan fingerprint density at radius 1 is 1.15 bits per heavy atom. The Morgan fingerprint density at radius 2 is 1.92 bits per heavy atom. The Hall–Kier alpha value is -1.66. The third-order valence-electron chi connectivity index (χ3n) is 5.37. The molecule has 6 nitrogen and oxygen atoms in total. The van der Waals surface area contributed by atoms with Crippen LogP contribution in [-0.2, 0) is 4.74 Å². The van der Waals surface area contributed by atoms with E-state index in [0.717, 1.165) is 6.42 Å². The zero-order valence-corrected chi connectivity index (χ0v) is 16.2. The lowest BCUT2D eigenvalue weighted by molar-refractivity contribution is 0.0261. The van der Waals surface area contributed by atoms with Crippen LogP contribution in [0.25, 0.3) is 0 Å². The molecule has 3 rings (SSSR count). The van der Waals surface area contributed by atoms with Gasteiger partial charge in [0.25, 0.3) is 0 Å². The van der Waals surface area contributed by atoms with Crippen LogP contribution in [0.1, 0.15) is 32.1 Å². The highest BCUT2D eigenvalue weighted by atomic mass is 35.5. The number of carbonyl (C=O) groups is 1. The van der Waals surface area contributed by atoms with Crippen molar-refractivity contribution < 1.29 is 19.0 Å². The first kappa shape index (κ1) is 19.1. The minimum absolute atomic E-state index is 0.397. The van der Waals surface area contributed by atoms with E-state index in [9.17, 15) is 4.79 Å². The third-order valence-corrected chi connectivity index (χ3v) is 5.66. The predicted octanol–water partition coefficient (Wildman–Crippen LogP) is 4.17. The zero-order valence-electron chi connectivity index (χ0n) is 15.4. The van der Waals surface area contributed by atoms with E-state index >= 15 is 0 Å². The molecule has 0 spiro atoms. The van der Waals surface area contributed by atoms with Crippen molar-refractivity contribution in [3.8, 4) is 11.5 Å². The first-order valence-electron chi connectivity index (χ1n) is 9.21. The van der Waals surface area contributed by atoms with E-state index in [4.69, 9.17) is 25.8 Å². The highest BCUT2D eigenvalue weighted by Gasteiger charge is 2.33. The summed E-state index contributed by atoms with van der Waals surface area (Å²) in [5, 5.41) is 3.12. The van der Waals surface area contributed by atoms with Gasteiger partial charge in [-0.2, -0.15) is 0 Å². The molecular weight excluding hydrogens is 356 g/mol. The number of amides is 1. The number of methoxy groups -OCH3 is 2. The van der Waals surface area contributed by atoms with Crippen molar-refractivity contribution in [3.63, 3.8) is 0 Å². The van der Waals surface area contributed by atoms with Gasteiger partial charge in [0.2, 0.25) is 0 Å². The van der Waals surface area contributed by atoms with E-state index in [-0.39, 0.29) is 0 Å². The van der Waals surface area contributed by atoms with Crippen LogP contribution in [0.5, 0.6) is 11.5 Å². The quantitative estimate of drug-likeness (QED) is 0.828. The molecule has 2 aliphatic heterocycles. The number of hydrogen-bond donors (Lipinski definition) is 1. The lowest BCUT2D eigenvalue weighted by Gasteiger charge is -2.44. The van der Waals surface area contributed by atoms with Crippen LogP contribution >= 0.6 is 11.6 Å². The summed E-state index contributed by atoms with van der Waals surface area (Å²) in [4.78, 5) is 14.8. The highest BCUT2D eigenvalue weighted by molar-refractivity contribution is 6.32. The smallest absolute Gasteiger partial charge is 0.411 e. The molecule has 1 N–H and O–H groups in total.